The number of anilines is 1. The van der Waals surface area contributed by atoms with Crippen LogP contribution in [0.2, 0.25) is 5.02 Å². The van der Waals surface area contributed by atoms with Crippen molar-refractivity contribution in [3.8, 4) is 0 Å². The second kappa shape index (κ2) is 5.83. The van der Waals surface area contributed by atoms with E-state index in [1.54, 1.807) is 24.3 Å². The molecule has 0 aliphatic heterocycles. The van der Waals surface area contributed by atoms with E-state index in [2.05, 4.69) is 5.32 Å². The molecular formula is C14H15ClN2O2S. The minimum Gasteiger partial charge on any atom is -0.379 e. The molecule has 0 spiro atoms. The van der Waals surface area contributed by atoms with Crippen LogP contribution in [0.3, 0.4) is 0 Å². The van der Waals surface area contributed by atoms with E-state index in [4.69, 9.17) is 16.7 Å². The quantitative estimate of drug-likeness (QED) is 0.911. The van der Waals surface area contributed by atoms with Gasteiger partial charge in [0.15, 0.2) is 0 Å². The van der Waals surface area contributed by atoms with Gasteiger partial charge < -0.3 is 5.32 Å². The standard InChI is InChI=1S/C14H15ClN2O2S/c1-10(17-13-6-4-12(15)5-7-13)11-2-8-14(9-3-11)20(16,18)19/h2-10,17H,1H3,(H2,16,18,19). The zero-order valence-corrected chi connectivity index (χ0v) is 12.4. The van der Waals surface area contributed by atoms with Crippen LogP contribution < -0.4 is 10.5 Å². The molecule has 0 radical (unpaired) electrons. The van der Waals surface area contributed by atoms with Crippen molar-refractivity contribution in [2.75, 3.05) is 5.32 Å². The van der Waals surface area contributed by atoms with Gasteiger partial charge in [0.05, 0.1) is 4.90 Å². The van der Waals surface area contributed by atoms with Gasteiger partial charge >= 0.3 is 0 Å². The first-order chi connectivity index (χ1) is 9.36. The number of halogens is 1. The molecule has 3 N–H and O–H groups in total. The first-order valence-electron chi connectivity index (χ1n) is 6.01. The average molecular weight is 311 g/mol. The lowest BCUT2D eigenvalue weighted by atomic mass is 10.1. The minimum atomic E-state index is -3.64. The van der Waals surface area contributed by atoms with E-state index in [-0.39, 0.29) is 10.9 Å². The largest absolute Gasteiger partial charge is 0.379 e. The third-order valence-corrected chi connectivity index (χ3v) is 4.12. The first-order valence-corrected chi connectivity index (χ1v) is 7.93. The van der Waals surface area contributed by atoms with Gasteiger partial charge in [-0.25, -0.2) is 13.6 Å². The number of nitrogens with two attached hydrogens (primary N) is 1. The second-order valence-corrected chi connectivity index (χ2v) is 6.48. The summed E-state index contributed by atoms with van der Waals surface area (Å²) in [5, 5.41) is 9.05. The van der Waals surface area contributed by atoms with Gasteiger partial charge in [0.25, 0.3) is 0 Å². The molecule has 20 heavy (non-hydrogen) atoms. The molecule has 0 saturated carbocycles. The molecule has 2 aromatic carbocycles. The number of primary sulfonamides is 1. The number of nitrogens with one attached hydrogen (secondary N) is 1. The number of hydrogen-bond donors (Lipinski definition) is 2. The van der Waals surface area contributed by atoms with Crippen LogP contribution >= 0.6 is 11.6 Å². The van der Waals surface area contributed by atoms with Gasteiger partial charge in [0.2, 0.25) is 10.0 Å². The van der Waals surface area contributed by atoms with E-state index in [1.807, 2.05) is 19.1 Å². The van der Waals surface area contributed by atoms with Crippen LogP contribution in [0.4, 0.5) is 5.69 Å². The van der Waals surface area contributed by atoms with Gasteiger partial charge in [-0.2, -0.15) is 0 Å². The van der Waals surface area contributed by atoms with Crippen molar-refractivity contribution in [1.82, 2.24) is 0 Å². The molecule has 106 valence electrons. The summed E-state index contributed by atoms with van der Waals surface area (Å²) in [5.41, 5.74) is 1.91. The van der Waals surface area contributed by atoms with E-state index in [1.165, 1.54) is 12.1 Å². The highest BCUT2D eigenvalue weighted by atomic mass is 35.5. The Kier molecular flexibility index (Phi) is 4.32. The van der Waals surface area contributed by atoms with Crippen LogP contribution in [-0.2, 0) is 10.0 Å². The number of rotatable bonds is 4. The van der Waals surface area contributed by atoms with Crippen LogP contribution in [0.25, 0.3) is 0 Å². The van der Waals surface area contributed by atoms with E-state index < -0.39 is 10.0 Å². The molecule has 1 unspecified atom stereocenters. The Hall–Kier alpha value is -1.56. The fraction of sp³-hybridized carbons (Fsp3) is 0.143. The summed E-state index contributed by atoms with van der Waals surface area (Å²) in [7, 11) is -3.64. The fourth-order valence-corrected chi connectivity index (χ4v) is 2.47. The van der Waals surface area contributed by atoms with Gasteiger partial charge in [-0.15, -0.1) is 0 Å². The molecule has 1 atom stereocenters. The van der Waals surface area contributed by atoms with Crippen molar-refractivity contribution in [3.05, 3.63) is 59.1 Å². The van der Waals surface area contributed by atoms with Crippen molar-refractivity contribution in [2.24, 2.45) is 5.14 Å². The van der Waals surface area contributed by atoms with E-state index in [0.29, 0.717) is 5.02 Å². The summed E-state index contributed by atoms with van der Waals surface area (Å²) in [5.74, 6) is 0. The SMILES string of the molecule is CC(Nc1ccc(Cl)cc1)c1ccc(S(N)(=O)=O)cc1. The summed E-state index contributed by atoms with van der Waals surface area (Å²) < 4.78 is 22.4. The van der Waals surface area contributed by atoms with Crippen molar-refractivity contribution in [3.63, 3.8) is 0 Å². The summed E-state index contributed by atoms with van der Waals surface area (Å²) >= 11 is 5.83. The van der Waals surface area contributed by atoms with Gasteiger partial charge in [0.1, 0.15) is 0 Å². The second-order valence-electron chi connectivity index (χ2n) is 4.49. The molecule has 2 aromatic rings. The first kappa shape index (κ1) is 14.8. The Bertz CT molecular complexity index is 682. The van der Waals surface area contributed by atoms with Crippen molar-refractivity contribution in [2.45, 2.75) is 17.9 Å². The van der Waals surface area contributed by atoms with Gasteiger partial charge in [-0.05, 0) is 48.9 Å². The normalized spacial score (nSPS) is 12.9. The van der Waals surface area contributed by atoms with Crippen LogP contribution in [0.5, 0.6) is 0 Å². The summed E-state index contributed by atoms with van der Waals surface area (Å²) in [6, 6.07) is 13.9. The van der Waals surface area contributed by atoms with E-state index in [0.717, 1.165) is 11.3 Å². The number of hydrogen-bond acceptors (Lipinski definition) is 3. The molecular weight excluding hydrogens is 296 g/mol. The Morgan fingerprint density at radius 2 is 1.60 bits per heavy atom. The molecule has 4 nitrogen and oxygen atoms in total. The zero-order chi connectivity index (χ0) is 14.8. The lowest BCUT2D eigenvalue weighted by Gasteiger charge is -2.16. The molecule has 0 fully saturated rings. The van der Waals surface area contributed by atoms with Crippen LogP contribution in [0, 0.1) is 0 Å². The van der Waals surface area contributed by atoms with E-state index >= 15 is 0 Å². The van der Waals surface area contributed by atoms with E-state index in [9.17, 15) is 8.42 Å². The highest BCUT2D eigenvalue weighted by molar-refractivity contribution is 7.89. The van der Waals surface area contributed by atoms with Crippen molar-refractivity contribution in [1.29, 1.82) is 0 Å². The monoisotopic (exact) mass is 310 g/mol. The molecule has 0 amide bonds. The lowest BCUT2D eigenvalue weighted by molar-refractivity contribution is 0.597. The summed E-state index contributed by atoms with van der Waals surface area (Å²) in [6.07, 6.45) is 0. The predicted octanol–water partition coefficient (Wildman–Crippen LogP) is 3.16. The van der Waals surface area contributed by atoms with Gasteiger partial charge in [-0.1, -0.05) is 23.7 Å². The molecule has 0 bridgehead atoms. The highest BCUT2D eigenvalue weighted by Crippen LogP contribution is 2.21. The Labute approximate surface area is 123 Å². The van der Waals surface area contributed by atoms with Crippen LogP contribution in [0.1, 0.15) is 18.5 Å². The summed E-state index contributed by atoms with van der Waals surface area (Å²) in [6.45, 7) is 1.99. The molecule has 0 heterocycles. The smallest absolute Gasteiger partial charge is 0.238 e. The molecule has 0 aromatic heterocycles. The predicted molar refractivity (Wildman–Crippen MR) is 81.3 cm³/mol. The third kappa shape index (κ3) is 3.72. The zero-order valence-electron chi connectivity index (χ0n) is 10.9. The fourth-order valence-electron chi connectivity index (χ4n) is 1.83. The van der Waals surface area contributed by atoms with Crippen LogP contribution in [0.15, 0.2) is 53.4 Å². The summed E-state index contributed by atoms with van der Waals surface area (Å²) in [4.78, 5) is 0.111. The third-order valence-electron chi connectivity index (χ3n) is 2.94. The van der Waals surface area contributed by atoms with Gasteiger partial charge in [0, 0.05) is 16.8 Å². The van der Waals surface area contributed by atoms with Gasteiger partial charge in [-0.3, -0.25) is 0 Å². The molecule has 0 aliphatic rings. The number of benzene rings is 2. The topological polar surface area (TPSA) is 72.2 Å². The maximum atomic E-state index is 11.2. The average Bonchev–Trinajstić information content (AvgIpc) is 2.40. The maximum Gasteiger partial charge on any atom is 0.238 e. The Balaban J connectivity index is 2.13. The van der Waals surface area contributed by atoms with Crippen LogP contribution in [-0.4, -0.2) is 8.42 Å². The maximum absolute atomic E-state index is 11.2. The lowest BCUT2D eigenvalue weighted by Crippen LogP contribution is -2.12. The molecule has 0 aliphatic carbocycles. The van der Waals surface area contributed by atoms with Crippen molar-refractivity contribution >= 4 is 27.3 Å². The highest BCUT2D eigenvalue weighted by Gasteiger charge is 2.09. The Morgan fingerprint density at radius 3 is 2.10 bits per heavy atom. The Morgan fingerprint density at radius 1 is 1.05 bits per heavy atom. The number of sulfonamides is 1. The molecule has 6 heteroatoms. The molecule has 2 rings (SSSR count). The van der Waals surface area contributed by atoms with Crippen molar-refractivity contribution < 1.29 is 8.42 Å². The minimum absolute atomic E-state index is 0.0331. The molecule has 0 saturated heterocycles.